The van der Waals surface area contributed by atoms with Crippen molar-refractivity contribution in [2.24, 2.45) is 0 Å². The molecule has 0 saturated carbocycles. The van der Waals surface area contributed by atoms with E-state index < -0.39 is 33.5 Å². The summed E-state index contributed by atoms with van der Waals surface area (Å²) in [7, 11) is -4.15. The first-order valence-corrected chi connectivity index (χ1v) is 7.31. The lowest BCUT2D eigenvalue weighted by atomic mass is 10.1. The molecule has 0 radical (unpaired) electrons. The zero-order valence-corrected chi connectivity index (χ0v) is 11.2. The molecule has 106 valence electrons. The minimum absolute atomic E-state index is 0.447. The summed E-state index contributed by atoms with van der Waals surface area (Å²) in [4.78, 5) is 3.52. The van der Waals surface area contributed by atoms with Crippen LogP contribution in [-0.2, 0) is 10.0 Å². The number of nitrogens with zero attached hydrogens (tertiary/aromatic N) is 1. The molecule has 7 heteroatoms. The summed E-state index contributed by atoms with van der Waals surface area (Å²) >= 11 is 0. The molecule has 0 aliphatic rings. The van der Waals surface area contributed by atoms with Gasteiger partial charge in [0.2, 0.25) is 5.03 Å². The summed E-state index contributed by atoms with van der Waals surface area (Å²) in [5, 5.41) is 8.63. The van der Waals surface area contributed by atoms with E-state index in [1.807, 2.05) is 0 Å². The maximum absolute atomic E-state index is 13.5. The van der Waals surface area contributed by atoms with Gasteiger partial charge in [0.15, 0.2) is 5.82 Å². The van der Waals surface area contributed by atoms with Crippen LogP contribution in [0, 0.1) is 5.82 Å². The molecule has 0 fully saturated rings. The van der Waals surface area contributed by atoms with Crippen LogP contribution in [0.15, 0.2) is 53.7 Å². The van der Waals surface area contributed by atoms with E-state index in [2.05, 4.69) is 9.71 Å². The van der Waals surface area contributed by atoms with E-state index in [4.69, 9.17) is 0 Å². The van der Waals surface area contributed by atoms with Crippen molar-refractivity contribution in [1.82, 2.24) is 9.71 Å². The number of pyridine rings is 1. The van der Waals surface area contributed by atoms with Gasteiger partial charge in [-0.3, -0.25) is 0 Å². The predicted molar refractivity (Wildman–Crippen MR) is 70.8 cm³/mol. The normalized spacial score (nSPS) is 13.1. The van der Waals surface area contributed by atoms with Crippen LogP contribution in [-0.4, -0.2) is 25.1 Å². The maximum Gasteiger partial charge on any atom is 0.261 e. The van der Waals surface area contributed by atoms with Crippen LogP contribution in [0.5, 0.6) is 0 Å². The molecule has 1 unspecified atom stereocenters. The standard InChI is InChI=1S/C13H13FN2O3S/c14-11-7-4-8-15-13(11)20(18,19)16-12(9-17)10-5-2-1-3-6-10/h1-8,12,16-17H,9H2. The molecule has 1 aromatic carbocycles. The van der Waals surface area contributed by atoms with Gasteiger partial charge >= 0.3 is 0 Å². The van der Waals surface area contributed by atoms with Gasteiger partial charge in [0.25, 0.3) is 10.0 Å². The summed E-state index contributed by atoms with van der Waals surface area (Å²) in [6, 6.07) is 9.98. The van der Waals surface area contributed by atoms with Gasteiger partial charge in [-0.05, 0) is 17.7 Å². The number of benzene rings is 1. The molecule has 2 aromatic rings. The lowest BCUT2D eigenvalue weighted by molar-refractivity contribution is 0.258. The highest BCUT2D eigenvalue weighted by Gasteiger charge is 2.24. The van der Waals surface area contributed by atoms with Gasteiger partial charge in [-0.15, -0.1) is 0 Å². The Morgan fingerprint density at radius 1 is 1.20 bits per heavy atom. The van der Waals surface area contributed by atoms with E-state index in [1.54, 1.807) is 30.3 Å². The molecule has 5 nitrogen and oxygen atoms in total. The summed E-state index contributed by atoms with van der Waals surface area (Å²) in [6.07, 6.45) is 1.19. The van der Waals surface area contributed by atoms with Crippen molar-refractivity contribution in [2.75, 3.05) is 6.61 Å². The molecule has 0 aliphatic heterocycles. The Balaban J connectivity index is 2.30. The number of aliphatic hydroxyl groups excluding tert-OH is 1. The molecule has 0 aliphatic carbocycles. The van der Waals surface area contributed by atoms with Gasteiger partial charge in [0.1, 0.15) is 0 Å². The summed E-state index contributed by atoms with van der Waals surface area (Å²) in [5.41, 5.74) is 0.579. The number of aromatic nitrogens is 1. The van der Waals surface area contributed by atoms with Crippen molar-refractivity contribution >= 4 is 10.0 Å². The van der Waals surface area contributed by atoms with E-state index in [0.29, 0.717) is 5.56 Å². The van der Waals surface area contributed by atoms with Crippen molar-refractivity contribution in [3.8, 4) is 0 Å². The first-order valence-electron chi connectivity index (χ1n) is 5.83. The fourth-order valence-electron chi connectivity index (χ4n) is 1.71. The molecule has 1 aromatic heterocycles. The number of aliphatic hydroxyl groups is 1. The molecule has 1 atom stereocenters. The summed E-state index contributed by atoms with van der Waals surface area (Å²) < 4.78 is 39.9. The molecule has 0 amide bonds. The Bertz CT molecular complexity index is 677. The number of sulfonamides is 1. The van der Waals surface area contributed by atoms with Crippen LogP contribution < -0.4 is 4.72 Å². The number of halogens is 1. The Morgan fingerprint density at radius 3 is 2.50 bits per heavy atom. The molecular weight excluding hydrogens is 283 g/mol. The quantitative estimate of drug-likeness (QED) is 0.870. The van der Waals surface area contributed by atoms with E-state index in [9.17, 15) is 17.9 Å². The van der Waals surface area contributed by atoms with Gasteiger partial charge in [-0.25, -0.2) is 17.8 Å². The van der Waals surface area contributed by atoms with Gasteiger partial charge in [-0.1, -0.05) is 30.3 Å². The molecule has 2 rings (SSSR count). The van der Waals surface area contributed by atoms with Crippen LogP contribution >= 0.6 is 0 Å². The smallest absolute Gasteiger partial charge is 0.261 e. The highest BCUT2D eigenvalue weighted by molar-refractivity contribution is 7.89. The van der Waals surface area contributed by atoms with E-state index >= 15 is 0 Å². The molecule has 2 N–H and O–H groups in total. The average Bonchev–Trinajstić information content (AvgIpc) is 2.46. The second-order valence-electron chi connectivity index (χ2n) is 4.06. The number of hydrogen-bond donors (Lipinski definition) is 2. The average molecular weight is 296 g/mol. The van der Waals surface area contributed by atoms with Crippen LogP contribution in [0.3, 0.4) is 0 Å². The van der Waals surface area contributed by atoms with Crippen molar-refractivity contribution in [3.63, 3.8) is 0 Å². The second-order valence-corrected chi connectivity index (χ2v) is 5.69. The summed E-state index contributed by atoms with van der Waals surface area (Å²) in [6.45, 7) is -0.447. The zero-order chi connectivity index (χ0) is 14.6. The molecule has 20 heavy (non-hydrogen) atoms. The van der Waals surface area contributed by atoms with Crippen molar-refractivity contribution < 1.29 is 17.9 Å². The second kappa shape index (κ2) is 6.08. The van der Waals surface area contributed by atoms with Crippen molar-refractivity contribution in [3.05, 3.63) is 60.0 Å². The fraction of sp³-hybridized carbons (Fsp3) is 0.154. The van der Waals surface area contributed by atoms with E-state index in [0.717, 1.165) is 6.07 Å². The third kappa shape index (κ3) is 3.19. The van der Waals surface area contributed by atoms with Gasteiger partial charge in [-0.2, -0.15) is 4.72 Å². The molecule has 0 spiro atoms. The lowest BCUT2D eigenvalue weighted by Crippen LogP contribution is -2.32. The monoisotopic (exact) mass is 296 g/mol. The highest BCUT2D eigenvalue weighted by Crippen LogP contribution is 2.17. The van der Waals surface area contributed by atoms with Crippen LogP contribution in [0.1, 0.15) is 11.6 Å². The molecule has 0 bridgehead atoms. The van der Waals surface area contributed by atoms with E-state index in [-0.39, 0.29) is 0 Å². The first kappa shape index (κ1) is 14.6. The van der Waals surface area contributed by atoms with Crippen LogP contribution in [0.2, 0.25) is 0 Å². The van der Waals surface area contributed by atoms with Gasteiger partial charge in [0.05, 0.1) is 12.6 Å². The SMILES string of the molecule is O=S(=O)(NC(CO)c1ccccc1)c1ncccc1F. The van der Waals surface area contributed by atoms with Gasteiger partial charge in [0, 0.05) is 6.20 Å². The number of rotatable bonds is 5. The third-order valence-corrected chi connectivity index (χ3v) is 4.07. The minimum Gasteiger partial charge on any atom is -0.394 e. The maximum atomic E-state index is 13.5. The van der Waals surface area contributed by atoms with Crippen LogP contribution in [0.4, 0.5) is 4.39 Å². The fourth-order valence-corrected chi connectivity index (χ4v) is 2.93. The topological polar surface area (TPSA) is 79.3 Å². The van der Waals surface area contributed by atoms with Crippen molar-refractivity contribution in [2.45, 2.75) is 11.1 Å². The molecule has 1 heterocycles. The Hall–Kier alpha value is -1.83. The zero-order valence-electron chi connectivity index (χ0n) is 10.4. The predicted octanol–water partition coefficient (Wildman–Crippen LogP) is 1.23. The largest absolute Gasteiger partial charge is 0.394 e. The molecule has 0 saturated heterocycles. The highest BCUT2D eigenvalue weighted by atomic mass is 32.2. The lowest BCUT2D eigenvalue weighted by Gasteiger charge is -2.16. The number of nitrogens with one attached hydrogen (secondary N) is 1. The Morgan fingerprint density at radius 2 is 1.90 bits per heavy atom. The van der Waals surface area contributed by atoms with Crippen molar-refractivity contribution in [1.29, 1.82) is 0 Å². The first-order chi connectivity index (χ1) is 9.54. The number of hydrogen-bond acceptors (Lipinski definition) is 4. The minimum atomic E-state index is -4.15. The van der Waals surface area contributed by atoms with Crippen LogP contribution in [0.25, 0.3) is 0 Å². The van der Waals surface area contributed by atoms with E-state index in [1.165, 1.54) is 12.3 Å². The molecular formula is C13H13FN2O3S. The van der Waals surface area contributed by atoms with Gasteiger partial charge < -0.3 is 5.11 Å². The summed E-state index contributed by atoms with van der Waals surface area (Å²) in [5.74, 6) is -0.940. The Kier molecular flexibility index (Phi) is 4.43. The third-order valence-electron chi connectivity index (χ3n) is 2.66. The Labute approximate surface area is 116 Å².